The van der Waals surface area contributed by atoms with Gasteiger partial charge in [0.15, 0.2) is 0 Å². The van der Waals surface area contributed by atoms with Crippen LogP contribution in [0.2, 0.25) is 0 Å². The third-order valence-electron chi connectivity index (χ3n) is 6.94. The zero-order chi connectivity index (χ0) is 20.1. The maximum atomic E-state index is 11.4. The highest BCUT2D eigenvalue weighted by Crippen LogP contribution is 2.52. The molecule has 0 unspecified atom stereocenters. The predicted octanol–water partition coefficient (Wildman–Crippen LogP) is 2.91. The largest absolute Gasteiger partial charge is 0.390 e. The number of aliphatic hydroxyl groups is 1. The van der Waals surface area contributed by atoms with Gasteiger partial charge in [0.25, 0.3) is 0 Å². The number of nitrogens with zero attached hydrogens (tertiary/aromatic N) is 4. The van der Waals surface area contributed by atoms with Gasteiger partial charge in [-0.05, 0) is 71.9 Å². The number of likely N-dealkylation sites (N-methyl/N-ethyl adjacent to an activating group) is 1. The molecule has 1 aliphatic heterocycles. The van der Waals surface area contributed by atoms with Gasteiger partial charge in [-0.2, -0.15) is 0 Å². The number of hydrogen-bond acceptors (Lipinski definition) is 5. The molecule has 1 spiro atoms. The Morgan fingerprint density at radius 2 is 1.68 bits per heavy atom. The summed E-state index contributed by atoms with van der Waals surface area (Å²) < 4.78 is 0. The Morgan fingerprint density at radius 1 is 1.04 bits per heavy atom. The standard InChI is InChI=1S/C23H32N4O/c1-15-16(2)25-20(17(3)24-15)14-27-12-10-23(11-13-27)19-9-7-6-8-18(19)21(22(23)28)26(4)5/h6-9,21-22,28H,10-14H2,1-5H3/t21-,22+/m0/s1. The van der Waals surface area contributed by atoms with Crippen LogP contribution in [0.1, 0.15) is 52.8 Å². The predicted molar refractivity (Wildman–Crippen MR) is 111 cm³/mol. The Hall–Kier alpha value is -1.82. The highest BCUT2D eigenvalue weighted by atomic mass is 16.3. The van der Waals surface area contributed by atoms with Crippen LogP contribution in [0.25, 0.3) is 0 Å². The summed E-state index contributed by atoms with van der Waals surface area (Å²) in [5, 5.41) is 11.4. The minimum Gasteiger partial charge on any atom is -0.390 e. The molecule has 1 fully saturated rings. The third-order valence-corrected chi connectivity index (χ3v) is 6.94. The minimum absolute atomic E-state index is 0.0793. The highest BCUT2D eigenvalue weighted by Gasteiger charge is 2.53. The topological polar surface area (TPSA) is 52.5 Å². The number of piperidine rings is 1. The summed E-state index contributed by atoms with van der Waals surface area (Å²) in [5.41, 5.74) is 6.65. The fourth-order valence-electron chi connectivity index (χ4n) is 5.20. The fraction of sp³-hybridized carbons (Fsp3) is 0.565. The summed E-state index contributed by atoms with van der Waals surface area (Å²) in [7, 11) is 4.14. The Balaban J connectivity index is 1.55. The maximum absolute atomic E-state index is 11.4. The van der Waals surface area contributed by atoms with E-state index in [9.17, 15) is 5.11 Å². The molecule has 150 valence electrons. The highest BCUT2D eigenvalue weighted by molar-refractivity contribution is 5.45. The van der Waals surface area contributed by atoms with Crippen molar-refractivity contribution in [3.05, 3.63) is 58.2 Å². The number of rotatable bonds is 3. The van der Waals surface area contributed by atoms with Crippen LogP contribution in [-0.4, -0.2) is 58.2 Å². The second-order valence-corrected chi connectivity index (χ2v) is 8.80. The maximum Gasteiger partial charge on any atom is 0.0834 e. The second-order valence-electron chi connectivity index (χ2n) is 8.80. The van der Waals surface area contributed by atoms with Crippen molar-refractivity contribution < 1.29 is 5.11 Å². The number of aromatic nitrogens is 2. The Morgan fingerprint density at radius 3 is 2.36 bits per heavy atom. The van der Waals surface area contributed by atoms with E-state index < -0.39 is 0 Å². The quantitative estimate of drug-likeness (QED) is 0.887. The van der Waals surface area contributed by atoms with Crippen LogP contribution >= 0.6 is 0 Å². The monoisotopic (exact) mass is 380 g/mol. The van der Waals surface area contributed by atoms with E-state index in [0.29, 0.717) is 0 Å². The summed E-state index contributed by atoms with van der Waals surface area (Å²) in [4.78, 5) is 14.1. The zero-order valence-corrected chi connectivity index (χ0v) is 17.7. The fourth-order valence-corrected chi connectivity index (χ4v) is 5.20. The normalized spacial score (nSPS) is 24.1. The molecule has 1 N–H and O–H groups in total. The first kappa shape index (κ1) is 19.5. The van der Waals surface area contributed by atoms with E-state index in [2.05, 4.69) is 60.1 Å². The van der Waals surface area contributed by atoms with Crippen LogP contribution in [0.4, 0.5) is 0 Å². The van der Waals surface area contributed by atoms with Gasteiger partial charge in [-0.3, -0.25) is 14.9 Å². The minimum atomic E-state index is -0.356. The number of aliphatic hydroxyl groups excluding tert-OH is 1. The Labute approximate surface area is 168 Å². The lowest BCUT2D eigenvalue weighted by molar-refractivity contribution is -0.00412. The first-order chi connectivity index (χ1) is 13.3. The van der Waals surface area contributed by atoms with Gasteiger partial charge in [0.05, 0.1) is 34.9 Å². The smallest absolute Gasteiger partial charge is 0.0834 e. The first-order valence-corrected chi connectivity index (χ1v) is 10.3. The van der Waals surface area contributed by atoms with E-state index in [1.807, 2.05) is 13.8 Å². The lowest BCUT2D eigenvalue weighted by Crippen LogP contribution is -2.49. The van der Waals surface area contributed by atoms with E-state index in [1.165, 1.54) is 11.1 Å². The lowest BCUT2D eigenvalue weighted by atomic mass is 9.72. The number of likely N-dealkylation sites (tertiary alicyclic amines) is 1. The molecule has 0 bridgehead atoms. The molecule has 2 aliphatic rings. The molecule has 5 heteroatoms. The molecule has 2 atom stereocenters. The van der Waals surface area contributed by atoms with Crippen LogP contribution in [0, 0.1) is 20.8 Å². The van der Waals surface area contributed by atoms with Crippen molar-refractivity contribution in [3.63, 3.8) is 0 Å². The van der Waals surface area contributed by atoms with Crippen molar-refractivity contribution in [3.8, 4) is 0 Å². The molecular weight excluding hydrogens is 348 g/mol. The van der Waals surface area contributed by atoms with Crippen molar-refractivity contribution in [1.29, 1.82) is 0 Å². The van der Waals surface area contributed by atoms with Gasteiger partial charge in [-0.1, -0.05) is 24.3 Å². The first-order valence-electron chi connectivity index (χ1n) is 10.3. The van der Waals surface area contributed by atoms with Crippen molar-refractivity contribution >= 4 is 0 Å². The molecule has 1 aromatic heterocycles. The van der Waals surface area contributed by atoms with Gasteiger partial charge in [-0.25, -0.2) is 0 Å². The van der Waals surface area contributed by atoms with Crippen molar-refractivity contribution in [2.45, 2.75) is 57.7 Å². The van der Waals surface area contributed by atoms with Gasteiger partial charge < -0.3 is 10.0 Å². The summed E-state index contributed by atoms with van der Waals surface area (Å²) >= 11 is 0. The van der Waals surface area contributed by atoms with E-state index in [1.54, 1.807) is 0 Å². The summed E-state index contributed by atoms with van der Waals surface area (Å²) in [6.45, 7) is 8.89. The molecule has 0 amide bonds. The average Bonchev–Trinajstić information content (AvgIpc) is 2.90. The van der Waals surface area contributed by atoms with E-state index in [-0.39, 0.29) is 17.6 Å². The van der Waals surface area contributed by atoms with Gasteiger partial charge >= 0.3 is 0 Å². The molecular formula is C23H32N4O. The second kappa shape index (κ2) is 7.21. The molecule has 0 saturated carbocycles. The van der Waals surface area contributed by atoms with Crippen LogP contribution in [0.5, 0.6) is 0 Å². The molecule has 0 radical (unpaired) electrons. The number of benzene rings is 1. The van der Waals surface area contributed by atoms with Crippen molar-refractivity contribution in [2.24, 2.45) is 0 Å². The third kappa shape index (κ3) is 3.06. The molecule has 28 heavy (non-hydrogen) atoms. The Bertz CT molecular complexity index is 871. The molecule has 4 rings (SSSR count). The van der Waals surface area contributed by atoms with E-state index >= 15 is 0 Å². The van der Waals surface area contributed by atoms with Gasteiger partial charge in [0, 0.05) is 12.0 Å². The molecule has 1 aromatic carbocycles. The van der Waals surface area contributed by atoms with E-state index in [0.717, 1.165) is 55.3 Å². The van der Waals surface area contributed by atoms with Crippen LogP contribution in [0.15, 0.2) is 24.3 Å². The molecule has 2 aromatic rings. The summed E-state index contributed by atoms with van der Waals surface area (Å²) in [6.07, 6.45) is 1.60. The molecule has 2 heterocycles. The number of aryl methyl sites for hydroxylation is 3. The molecule has 1 saturated heterocycles. The SMILES string of the molecule is Cc1nc(C)c(CN2CCC3(CC2)c2ccccc2[C@H](N(C)C)[C@H]3O)nc1C. The van der Waals surface area contributed by atoms with Crippen LogP contribution in [-0.2, 0) is 12.0 Å². The van der Waals surface area contributed by atoms with Crippen LogP contribution in [0.3, 0.4) is 0 Å². The number of fused-ring (bicyclic) bond motifs is 2. The Kier molecular flexibility index (Phi) is 5.02. The number of hydrogen-bond donors (Lipinski definition) is 1. The molecule has 1 aliphatic carbocycles. The lowest BCUT2D eigenvalue weighted by Gasteiger charge is -2.43. The molecule has 5 nitrogen and oxygen atoms in total. The van der Waals surface area contributed by atoms with Gasteiger partial charge in [0.2, 0.25) is 0 Å². The van der Waals surface area contributed by atoms with Gasteiger partial charge in [0.1, 0.15) is 0 Å². The van der Waals surface area contributed by atoms with Gasteiger partial charge in [-0.15, -0.1) is 0 Å². The van der Waals surface area contributed by atoms with Crippen molar-refractivity contribution in [1.82, 2.24) is 19.8 Å². The zero-order valence-electron chi connectivity index (χ0n) is 17.7. The van der Waals surface area contributed by atoms with Crippen LogP contribution < -0.4 is 0 Å². The summed E-state index contributed by atoms with van der Waals surface area (Å²) in [6, 6.07) is 8.72. The van der Waals surface area contributed by atoms with E-state index in [4.69, 9.17) is 4.98 Å². The average molecular weight is 381 g/mol. The van der Waals surface area contributed by atoms with Crippen molar-refractivity contribution in [2.75, 3.05) is 27.2 Å². The summed E-state index contributed by atoms with van der Waals surface area (Å²) in [5.74, 6) is 0.